The topological polar surface area (TPSA) is 109 Å². The Balaban J connectivity index is 0. The molecule has 0 atom stereocenters. The zero-order valence-corrected chi connectivity index (χ0v) is 4.70. The molecule has 2 N–H and O–H groups in total. The number of esters is 2. The maximum atomic E-state index is 9.81. The summed E-state index contributed by atoms with van der Waals surface area (Å²) in [5, 5.41) is 0. The van der Waals surface area contributed by atoms with Crippen molar-refractivity contribution >= 4 is 24.5 Å². The number of carbonyl (C=O) groups excluding carboxylic acids is 4. The molecule has 0 bridgehead atoms. The van der Waals surface area contributed by atoms with Gasteiger partial charge in [0.25, 0.3) is 0 Å². The summed E-state index contributed by atoms with van der Waals surface area (Å²) >= 11 is 0. The number of hydrogen-bond donors (Lipinski definition) is 0. The molecule has 0 unspecified atom stereocenters. The van der Waals surface area contributed by atoms with Crippen LogP contribution in [-0.2, 0) is 23.9 Å². The first-order valence-corrected chi connectivity index (χ1v) is 1.87. The number of carbonyl (C=O) groups is 4. The van der Waals surface area contributed by atoms with Crippen molar-refractivity contribution in [1.82, 2.24) is 0 Å². The fourth-order valence-corrected chi connectivity index (χ4v) is 0.147. The third-order valence-corrected chi connectivity index (χ3v) is 0.394. The Hall–Kier alpha value is -1.56. The second-order valence-corrected chi connectivity index (χ2v) is 0.976. The Bertz CT molecular complexity index is 141. The molecule has 0 heterocycles. The maximum absolute atomic E-state index is 9.81. The Morgan fingerprint density at radius 2 is 1.30 bits per heavy atom. The highest BCUT2D eigenvalue weighted by Crippen LogP contribution is 1.71. The third-order valence-electron chi connectivity index (χ3n) is 0.394. The summed E-state index contributed by atoms with van der Waals surface area (Å²) in [5.41, 5.74) is 0. The van der Waals surface area contributed by atoms with Gasteiger partial charge in [-0.15, -0.1) is 0 Å². The fraction of sp³-hybridized carbons (Fsp3) is 0. The molecule has 0 saturated heterocycles. The van der Waals surface area contributed by atoms with Gasteiger partial charge in [0.1, 0.15) is 0 Å². The Kier molecular flexibility index (Phi) is 6.28. The molecule has 0 aliphatic carbocycles. The van der Waals surface area contributed by atoms with Crippen LogP contribution in [0.15, 0.2) is 0 Å². The van der Waals surface area contributed by atoms with Crippen molar-refractivity contribution in [2.24, 2.45) is 0 Å². The lowest BCUT2D eigenvalue weighted by atomic mass is 10.7. The molecule has 0 aromatic rings. The average Bonchev–Trinajstić information content (AvgIpc) is 1.87. The Morgan fingerprint density at radius 3 is 1.50 bits per heavy atom. The van der Waals surface area contributed by atoms with E-state index in [9.17, 15) is 19.2 Å². The summed E-state index contributed by atoms with van der Waals surface area (Å²) in [7, 11) is 0. The molecule has 10 heavy (non-hydrogen) atoms. The van der Waals surface area contributed by atoms with Gasteiger partial charge in [0.15, 0.2) is 0 Å². The van der Waals surface area contributed by atoms with Gasteiger partial charge in [-0.3, -0.25) is 9.59 Å². The predicted octanol–water partition coefficient (Wildman–Crippen LogP) is -2.37. The number of ether oxygens (including phenoxy) is 1. The maximum Gasteiger partial charge on any atom is 0.379 e. The van der Waals surface area contributed by atoms with Crippen LogP contribution in [0.2, 0.25) is 0 Å². The molecule has 6 nitrogen and oxygen atoms in total. The fourth-order valence-electron chi connectivity index (χ4n) is 0.147. The highest BCUT2D eigenvalue weighted by molar-refractivity contribution is 6.30. The molecule has 0 amide bonds. The highest BCUT2D eigenvalue weighted by Gasteiger charge is 2.05. The van der Waals surface area contributed by atoms with Gasteiger partial charge in [-0.2, -0.15) is 0 Å². The second kappa shape index (κ2) is 5.57. The molecule has 0 rings (SSSR count). The van der Waals surface area contributed by atoms with Crippen molar-refractivity contribution in [1.29, 1.82) is 0 Å². The van der Waals surface area contributed by atoms with Gasteiger partial charge in [0.05, 0.1) is 0 Å². The van der Waals surface area contributed by atoms with Crippen LogP contribution in [0.25, 0.3) is 0 Å². The van der Waals surface area contributed by atoms with Gasteiger partial charge in [0.2, 0.25) is 12.6 Å². The van der Waals surface area contributed by atoms with Crippen molar-refractivity contribution in [2.45, 2.75) is 0 Å². The largest absolute Gasteiger partial charge is 0.412 e. The van der Waals surface area contributed by atoms with E-state index in [-0.39, 0.29) is 18.0 Å². The average molecular weight is 148 g/mol. The number of hydrogen-bond acceptors (Lipinski definition) is 5. The zero-order valence-electron chi connectivity index (χ0n) is 4.70. The minimum atomic E-state index is -1.37. The van der Waals surface area contributed by atoms with Crippen LogP contribution in [0.4, 0.5) is 0 Å². The van der Waals surface area contributed by atoms with Crippen molar-refractivity contribution < 1.29 is 29.4 Å². The Morgan fingerprint density at radius 1 is 1.00 bits per heavy atom. The van der Waals surface area contributed by atoms with E-state index in [0.29, 0.717) is 0 Å². The van der Waals surface area contributed by atoms with Gasteiger partial charge < -0.3 is 10.2 Å². The van der Waals surface area contributed by atoms with E-state index in [2.05, 4.69) is 4.74 Å². The van der Waals surface area contributed by atoms with E-state index in [1.165, 1.54) is 0 Å². The van der Waals surface area contributed by atoms with E-state index in [0.717, 1.165) is 0 Å². The lowest BCUT2D eigenvalue weighted by molar-refractivity contribution is -0.162. The van der Waals surface area contributed by atoms with Crippen LogP contribution in [0.1, 0.15) is 0 Å². The van der Waals surface area contributed by atoms with E-state index >= 15 is 0 Å². The molecular weight excluding hydrogens is 144 g/mol. The van der Waals surface area contributed by atoms with Crippen molar-refractivity contribution in [3.05, 3.63) is 0 Å². The number of rotatable bonds is 2. The zero-order chi connectivity index (χ0) is 7.28. The van der Waals surface area contributed by atoms with E-state index in [1.807, 2.05) is 0 Å². The van der Waals surface area contributed by atoms with E-state index < -0.39 is 11.9 Å². The van der Waals surface area contributed by atoms with Gasteiger partial charge >= 0.3 is 11.9 Å². The normalized spacial score (nSPS) is 6.80. The molecule has 0 spiro atoms. The van der Waals surface area contributed by atoms with Crippen LogP contribution in [0.3, 0.4) is 0 Å². The van der Waals surface area contributed by atoms with Gasteiger partial charge in [-0.1, -0.05) is 0 Å². The first-order valence-electron chi connectivity index (χ1n) is 1.87. The van der Waals surface area contributed by atoms with Crippen molar-refractivity contribution in [3.8, 4) is 0 Å². The third kappa shape index (κ3) is 4.60. The predicted molar refractivity (Wildman–Crippen MR) is 26.8 cm³/mol. The minimum absolute atomic E-state index is 0. The number of aldehydes is 2. The van der Waals surface area contributed by atoms with Crippen LogP contribution >= 0.6 is 0 Å². The smallest absolute Gasteiger partial charge is 0.379 e. The first-order chi connectivity index (χ1) is 4.20. The van der Waals surface area contributed by atoms with E-state index in [4.69, 9.17) is 0 Å². The van der Waals surface area contributed by atoms with Crippen molar-refractivity contribution in [3.63, 3.8) is 0 Å². The summed E-state index contributed by atoms with van der Waals surface area (Å²) < 4.78 is 3.53. The van der Waals surface area contributed by atoms with Gasteiger partial charge in [-0.25, -0.2) is 9.59 Å². The van der Waals surface area contributed by atoms with Gasteiger partial charge in [-0.05, 0) is 0 Å². The SMILES string of the molecule is O.O=CC(=O)OC(=O)C=O. The Labute approximate surface area is 55.1 Å². The summed E-state index contributed by atoms with van der Waals surface area (Å²) in [6.45, 7) is 0. The summed E-state index contributed by atoms with van der Waals surface area (Å²) in [6, 6.07) is 0. The molecule has 0 aromatic carbocycles. The van der Waals surface area contributed by atoms with Crippen LogP contribution in [0.5, 0.6) is 0 Å². The standard InChI is InChI=1S/C4H2O5.H2O/c5-1-3(7)9-4(8)2-6;/h1-2H;1H2. The summed E-state index contributed by atoms with van der Waals surface area (Å²) in [4.78, 5) is 38.4. The lowest BCUT2D eigenvalue weighted by Crippen LogP contribution is -2.13. The molecule has 0 aliphatic rings. The van der Waals surface area contributed by atoms with Gasteiger partial charge in [0, 0.05) is 0 Å². The monoisotopic (exact) mass is 148 g/mol. The summed E-state index contributed by atoms with van der Waals surface area (Å²) in [5.74, 6) is -2.74. The summed E-state index contributed by atoms with van der Waals surface area (Å²) in [6.07, 6.45) is -0.414. The minimum Gasteiger partial charge on any atom is -0.412 e. The second-order valence-electron chi connectivity index (χ2n) is 0.976. The molecule has 56 valence electrons. The molecule has 0 radical (unpaired) electrons. The van der Waals surface area contributed by atoms with E-state index in [1.54, 1.807) is 0 Å². The molecule has 0 fully saturated rings. The lowest BCUT2D eigenvalue weighted by Gasteiger charge is -1.85. The quantitative estimate of drug-likeness (QED) is 0.188. The molecule has 0 saturated carbocycles. The molecule has 0 aliphatic heterocycles. The highest BCUT2D eigenvalue weighted by atomic mass is 16.6. The molecule has 6 heteroatoms. The molecule has 0 aromatic heterocycles. The van der Waals surface area contributed by atoms with Crippen LogP contribution in [-0.4, -0.2) is 30.0 Å². The molecular formula is C4H4O6. The van der Waals surface area contributed by atoms with Crippen LogP contribution < -0.4 is 0 Å². The first kappa shape index (κ1) is 11.3. The van der Waals surface area contributed by atoms with Crippen molar-refractivity contribution in [2.75, 3.05) is 0 Å². The van der Waals surface area contributed by atoms with Crippen LogP contribution in [0, 0.1) is 0 Å².